The van der Waals surface area contributed by atoms with E-state index in [0.717, 1.165) is 10.0 Å². The van der Waals surface area contributed by atoms with Crippen molar-refractivity contribution in [2.45, 2.75) is 13.0 Å². The molecule has 2 aromatic rings. The Morgan fingerprint density at radius 3 is 2.89 bits per heavy atom. The smallest absolute Gasteiger partial charge is 0.251 e. The summed E-state index contributed by atoms with van der Waals surface area (Å²) in [5, 5.41) is 9.48. The Morgan fingerprint density at radius 1 is 1.53 bits per heavy atom. The molecule has 19 heavy (non-hydrogen) atoms. The van der Waals surface area contributed by atoms with Crippen LogP contribution in [0.5, 0.6) is 5.75 Å². The van der Waals surface area contributed by atoms with Crippen LogP contribution in [0.3, 0.4) is 0 Å². The molecule has 2 rings (SSSR count). The van der Waals surface area contributed by atoms with E-state index < -0.39 is 0 Å². The number of methoxy groups -OCH3 is 1. The van der Waals surface area contributed by atoms with Crippen molar-refractivity contribution in [1.82, 2.24) is 15.5 Å². The molecule has 6 heteroatoms. The van der Waals surface area contributed by atoms with Crippen LogP contribution in [0.1, 0.15) is 28.9 Å². The predicted molar refractivity (Wildman–Crippen MR) is 75.2 cm³/mol. The Labute approximate surface area is 119 Å². The molecular formula is C13H14BrN3O2. The van der Waals surface area contributed by atoms with Crippen LogP contribution in [0.4, 0.5) is 0 Å². The summed E-state index contributed by atoms with van der Waals surface area (Å²) in [6, 6.07) is 5.10. The van der Waals surface area contributed by atoms with Crippen molar-refractivity contribution in [3.05, 3.63) is 46.2 Å². The van der Waals surface area contributed by atoms with Gasteiger partial charge in [-0.2, -0.15) is 5.10 Å². The molecule has 1 aromatic heterocycles. The quantitative estimate of drug-likeness (QED) is 0.909. The molecule has 0 fully saturated rings. The SMILES string of the molecule is COc1ccc(C(=O)N[C@@H](C)c2cn[nH]c2)cc1Br. The number of hydrogen-bond acceptors (Lipinski definition) is 3. The summed E-state index contributed by atoms with van der Waals surface area (Å²) < 4.78 is 5.88. The Hall–Kier alpha value is -1.82. The number of aromatic nitrogens is 2. The molecule has 0 bridgehead atoms. The van der Waals surface area contributed by atoms with Gasteiger partial charge in [-0.25, -0.2) is 0 Å². The van der Waals surface area contributed by atoms with Gasteiger partial charge in [0.2, 0.25) is 0 Å². The maximum atomic E-state index is 12.1. The van der Waals surface area contributed by atoms with Crippen LogP contribution < -0.4 is 10.1 Å². The van der Waals surface area contributed by atoms with E-state index in [-0.39, 0.29) is 11.9 Å². The molecular weight excluding hydrogens is 310 g/mol. The molecule has 5 nitrogen and oxygen atoms in total. The van der Waals surface area contributed by atoms with Crippen LogP contribution in [-0.2, 0) is 0 Å². The number of carbonyl (C=O) groups excluding carboxylic acids is 1. The van der Waals surface area contributed by atoms with Gasteiger partial charge in [-0.1, -0.05) is 0 Å². The van der Waals surface area contributed by atoms with Crippen molar-refractivity contribution in [2.24, 2.45) is 0 Å². The monoisotopic (exact) mass is 323 g/mol. The first kappa shape index (κ1) is 13.6. The first-order chi connectivity index (χ1) is 9.11. The number of amides is 1. The number of nitrogens with one attached hydrogen (secondary N) is 2. The van der Waals surface area contributed by atoms with Crippen LogP contribution in [0.2, 0.25) is 0 Å². The van der Waals surface area contributed by atoms with E-state index in [4.69, 9.17) is 4.74 Å². The third kappa shape index (κ3) is 3.14. The van der Waals surface area contributed by atoms with E-state index >= 15 is 0 Å². The number of nitrogens with zero attached hydrogens (tertiary/aromatic N) is 1. The van der Waals surface area contributed by atoms with Gasteiger partial charge in [0, 0.05) is 17.3 Å². The van der Waals surface area contributed by atoms with Crippen molar-refractivity contribution in [3.8, 4) is 5.75 Å². The molecule has 0 unspecified atom stereocenters. The number of halogens is 1. The predicted octanol–water partition coefficient (Wildman–Crippen LogP) is 2.67. The third-order valence-corrected chi connectivity index (χ3v) is 3.40. The van der Waals surface area contributed by atoms with Gasteiger partial charge in [-0.15, -0.1) is 0 Å². The second-order valence-corrected chi connectivity index (χ2v) is 4.93. The minimum absolute atomic E-state index is 0.105. The highest BCUT2D eigenvalue weighted by atomic mass is 79.9. The lowest BCUT2D eigenvalue weighted by molar-refractivity contribution is 0.0940. The number of H-pyrrole nitrogens is 1. The summed E-state index contributed by atoms with van der Waals surface area (Å²) in [4.78, 5) is 12.1. The zero-order chi connectivity index (χ0) is 13.8. The fourth-order valence-electron chi connectivity index (χ4n) is 1.67. The summed E-state index contributed by atoms with van der Waals surface area (Å²) in [6.45, 7) is 1.90. The van der Waals surface area contributed by atoms with Crippen molar-refractivity contribution in [2.75, 3.05) is 7.11 Å². The molecule has 0 aliphatic heterocycles. The van der Waals surface area contributed by atoms with Gasteiger partial charge in [0.1, 0.15) is 5.75 Å². The standard InChI is InChI=1S/C13H14BrN3O2/c1-8(10-6-15-16-7-10)17-13(18)9-3-4-12(19-2)11(14)5-9/h3-8H,1-2H3,(H,15,16)(H,17,18)/t8-/m0/s1. The van der Waals surface area contributed by atoms with Crippen molar-refractivity contribution in [1.29, 1.82) is 0 Å². The van der Waals surface area contributed by atoms with E-state index in [0.29, 0.717) is 11.3 Å². The summed E-state index contributed by atoms with van der Waals surface area (Å²) in [7, 11) is 1.58. The summed E-state index contributed by atoms with van der Waals surface area (Å²) in [5.41, 5.74) is 1.50. The minimum atomic E-state index is -0.142. The summed E-state index contributed by atoms with van der Waals surface area (Å²) in [5.74, 6) is 0.552. The molecule has 0 aliphatic rings. The van der Waals surface area contributed by atoms with Gasteiger partial charge in [0.15, 0.2) is 0 Å². The number of rotatable bonds is 4. The van der Waals surface area contributed by atoms with Crippen LogP contribution in [0, 0.1) is 0 Å². The first-order valence-corrected chi connectivity index (χ1v) is 6.54. The normalized spacial score (nSPS) is 11.9. The lowest BCUT2D eigenvalue weighted by atomic mass is 10.1. The molecule has 0 saturated carbocycles. The van der Waals surface area contributed by atoms with Crippen LogP contribution in [0.15, 0.2) is 35.1 Å². The number of carbonyl (C=O) groups is 1. The van der Waals surface area contributed by atoms with Crippen molar-refractivity contribution in [3.63, 3.8) is 0 Å². The largest absolute Gasteiger partial charge is 0.496 e. The molecule has 0 spiro atoms. The average Bonchev–Trinajstić information content (AvgIpc) is 2.92. The molecule has 0 radical (unpaired) electrons. The number of ether oxygens (including phenoxy) is 1. The maximum Gasteiger partial charge on any atom is 0.251 e. The van der Waals surface area contributed by atoms with Gasteiger partial charge in [0.05, 0.1) is 23.8 Å². The number of benzene rings is 1. The van der Waals surface area contributed by atoms with Gasteiger partial charge in [-0.05, 0) is 41.1 Å². The first-order valence-electron chi connectivity index (χ1n) is 5.75. The number of aromatic amines is 1. The fourth-order valence-corrected chi connectivity index (χ4v) is 2.21. The van der Waals surface area contributed by atoms with E-state index in [2.05, 4.69) is 31.4 Å². The Balaban J connectivity index is 2.10. The van der Waals surface area contributed by atoms with Crippen molar-refractivity contribution >= 4 is 21.8 Å². The van der Waals surface area contributed by atoms with Crippen LogP contribution in [0.25, 0.3) is 0 Å². The van der Waals surface area contributed by atoms with E-state index in [1.54, 1.807) is 37.7 Å². The van der Waals surface area contributed by atoms with Gasteiger partial charge in [-0.3, -0.25) is 9.89 Å². The van der Waals surface area contributed by atoms with Crippen LogP contribution in [-0.4, -0.2) is 23.2 Å². The fraction of sp³-hybridized carbons (Fsp3) is 0.231. The molecule has 1 amide bonds. The number of hydrogen-bond donors (Lipinski definition) is 2. The zero-order valence-electron chi connectivity index (χ0n) is 10.6. The molecule has 0 saturated heterocycles. The van der Waals surface area contributed by atoms with E-state index in [1.165, 1.54) is 0 Å². The van der Waals surface area contributed by atoms with Gasteiger partial charge >= 0.3 is 0 Å². The molecule has 1 heterocycles. The summed E-state index contributed by atoms with van der Waals surface area (Å²) in [6.07, 6.45) is 3.45. The summed E-state index contributed by atoms with van der Waals surface area (Å²) >= 11 is 3.36. The average molecular weight is 324 g/mol. The Morgan fingerprint density at radius 2 is 2.32 bits per heavy atom. The molecule has 2 N–H and O–H groups in total. The Bertz CT molecular complexity index is 569. The second-order valence-electron chi connectivity index (χ2n) is 4.08. The molecule has 0 aliphatic carbocycles. The molecule has 100 valence electrons. The molecule has 1 atom stereocenters. The minimum Gasteiger partial charge on any atom is -0.496 e. The Kier molecular flexibility index (Phi) is 4.21. The lowest BCUT2D eigenvalue weighted by Gasteiger charge is -2.12. The lowest BCUT2D eigenvalue weighted by Crippen LogP contribution is -2.26. The highest BCUT2D eigenvalue weighted by molar-refractivity contribution is 9.10. The van der Waals surface area contributed by atoms with Gasteiger partial charge in [0.25, 0.3) is 5.91 Å². The highest BCUT2D eigenvalue weighted by Gasteiger charge is 2.13. The van der Waals surface area contributed by atoms with E-state index in [1.807, 2.05) is 6.92 Å². The topological polar surface area (TPSA) is 67.0 Å². The van der Waals surface area contributed by atoms with E-state index in [9.17, 15) is 4.79 Å². The zero-order valence-corrected chi connectivity index (χ0v) is 12.2. The van der Waals surface area contributed by atoms with Gasteiger partial charge < -0.3 is 10.1 Å². The maximum absolute atomic E-state index is 12.1. The van der Waals surface area contributed by atoms with Crippen LogP contribution >= 0.6 is 15.9 Å². The van der Waals surface area contributed by atoms with Crippen molar-refractivity contribution < 1.29 is 9.53 Å². The second kappa shape index (κ2) is 5.88. The highest BCUT2D eigenvalue weighted by Crippen LogP contribution is 2.25. The third-order valence-electron chi connectivity index (χ3n) is 2.78. The molecule has 1 aromatic carbocycles.